The third kappa shape index (κ3) is 1.00. The molecule has 0 aromatic rings. The third-order valence-corrected chi connectivity index (χ3v) is 2.22. The number of ether oxygens (including phenoxy) is 2. The van der Waals surface area contributed by atoms with Gasteiger partial charge in [-0.1, -0.05) is 6.58 Å². The zero-order valence-corrected chi connectivity index (χ0v) is 7.01. The molecule has 3 nitrogen and oxygen atoms in total. The zero-order valence-electron chi connectivity index (χ0n) is 7.01. The average molecular weight is 156 g/mol. The predicted octanol–water partition coefficient (Wildman–Crippen LogP) is 1.88. The van der Waals surface area contributed by atoms with Crippen LogP contribution in [-0.2, 0) is 9.47 Å². The van der Waals surface area contributed by atoms with Crippen LogP contribution >= 0.6 is 0 Å². The molecule has 1 aliphatic rings. The van der Waals surface area contributed by atoms with E-state index in [0.717, 1.165) is 0 Å². The molecular formula is C8H12O3. The van der Waals surface area contributed by atoms with Crippen LogP contribution in [0.1, 0.15) is 20.8 Å². The summed E-state index contributed by atoms with van der Waals surface area (Å²) < 4.78 is 9.86. The molecular weight excluding hydrogens is 144 g/mol. The van der Waals surface area contributed by atoms with Crippen molar-refractivity contribution in [1.82, 2.24) is 0 Å². The minimum Gasteiger partial charge on any atom is -0.424 e. The molecule has 62 valence electrons. The predicted molar refractivity (Wildman–Crippen MR) is 40.2 cm³/mol. The highest BCUT2D eigenvalue weighted by molar-refractivity contribution is 5.65. The summed E-state index contributed by atoms with van der Waals surface area (Å²) in [6, 6.07) is 0. The van der Waals surface area contributed by atoms with Crippen molar-refractivity contribution in [2.24, 2.45) is 0 Å². The van der Waals surface area contributed by atoms with Crippen molar-refractivity contribution >= 4 is 6.16 Å². The fourth-order valence-electron chi connectivity index (χ4n) is 0.914. The van der Waals surface area contributed by atoms with Crippen LogP contribution in [0.15, 0.2) is 12.7 Å². The van der Waals surface area contributed by atoms with Crippen molar-refractivity contribution in [3.8, 4) is 0 Å². The molecule has 1 fully saturated rings. The van der Waals surface area contributed by atoms with Gasteiger partial charge in [0.25, 0.3) is 0 Å². The van der Waals surface area contributed by atoms with E-state index in [0.29, 0.717) is 0 Å². The van der Waals surface area contributed by atoms with Crippen molar-refractivity contribution < 1.29 is 14.3 Å². The lowest BCUT2D eigenvalue weighted by molar-refractivity contribution is 0.0283. The van der Waals surface area contributed by atoms with Crippen LogP contribution < -0.4 is 0 Å². The van der Waals surface area contributed by atoms with Crippen LogP contribution in [0.2, 0.25) is 0 Å². The van der Waals surface area contributed by atoms with Gasteiger partial charge >= 0.3 is 6.16 Å². The van der Waals surface area contributed by atoms with Crippen molar-refractivity contribution in [3.05, 3.63) is 12.7 Å². The largest absolute Gasteiger partial charge is 0.509 e. The lowest BCUT2D eigenvalue weighted by Gasteiger charge is -2.28. The van der Waals surface area contributed by atoms with E-state index in [9.17, 15) is 4.79 Å². The van der Waals surface area contributed by atoms with Crippen molar-refractivity contribution in [1.29, 1.82) is 0 Å². The summed E-state index contributed by atoms with van der Waals surface area (Å²) in [4.78, 5) is 10.7. The monoisotopic (exact) mass is 156 g/mol. The van der Waals surface area contributed by atoms with E-state index < -0.39 is 17.4 Å². The molecule has 1 atom stereocenters. The van der Waals surface area contributed by atoms with Gasteiger partial charge in [-0.05, 0) is 26.8 Å². The number of carbonyl (C=O) groups excluding carboxylic acids is 1. The molecule has 1 unspecified atom stereocenters. The van der Waals surface area contributed by atoms with E-state index >= 15 is 0 Å². The molecule has 1 aliphatic heterocycles. The first-order valence-corrected chi connectivity index (χ1v) is 3.47. The fourth-order valence-corrected chi connectivity index (χ4v) is 0.914. The Morgan fingerprint density at radius 3 is 2.09 bits per heavy atom. The van der Waals surface area contributed by atoms with Crippen LogP contribution in [0.3, 0.4) is 0 Å². The van der Waals surface area contributed by atoms with Gasteiger partial charge in [-0.2, -0.15) is 0 Å². The van der Waals surface area contributed by atoms with E-state index in [1.165, 1.54) is 0 Å². The molecule has 1 rings (SSSR count). The standard InChI is InChI=1S/C8H12O3/c1-5-8(4)7(2,3)10-6(9)11-8/h5H,1H2,2-4H3. The van der Waals surface area contributed by atoms with E-state index in [1.807, 2.05) is 0 Å². The van der Waals surface area contributed by atoms with Gasteiger partial charge in [0.2, 0.25) is 0 Å². The Labute approximate surface area is 66.0 Å². The van der Waals surface area contributed by atoms with Gasteiger partial charge in [0.1, 0.15) is 0 Å². The maximum Gasteiger partial charge on any atom is 0.509 e. The summed E-state index contributed by atoms with van der Waals surface area (Å²) in [5.41, 5.74) is -1.32. The van der Waals surface area contributed by atoms with E-state index in [-0.39, 0.29) is 0 Å². The van der Waals surface area contributed by atoms with E-state index in [4.69, 9.17) is 9.47 Å². The highest BCUT2D eigenvalue weighted by Gasteiger charge is 2.52. The van der Waals surface area contributed by atoms with E-state index in [1.54, 1.807) is 26.8 Å². The maximum absolute atomic E-state index is 10.7. The first kappa shape index (κ1) is 8.11. The Balaban J connectivity index is 2.98. The Morgan fingerprint density at radius 1 is 1.36 bits per heavy atom. The van der Waals surface area contributed by atoms with Crippen LogP contribution in [0.4, 0.5) is 4.79 Å². The normalized spacial score (nSPS) is 34.3. The topological polar surface area (TPSA) is 35.5 Å². The Bertz CT molecular complexity index is 207. The highest BCUT2D eigenvalue weighted by atomic mass is 16.8. The summed E-state index contributed by atoms with van der Waals surface area (Å²) in [5.74, 6) is 0. The first-order valence-electron chi connectivity index (χ1n) is 3.47. The van der Waals surface area contributed by atoms with Gasteiger partial charge in [-0.15, -0.1) is 0 Å². The van der Waals surface area contributed by atoms with Gasteiger partial charge in [-0.3, -0.25) is 0 Å². The molecule has 0 amide bonds. The average Bonchev–Trinajstić information content (AvgIpc) is 2.03. The SMILES string of the molecule is C=CC1(C)OC(=O)OC1(C)C. The molecule has 1 saturated heterocycles. The first-order chi connectivity index (χ1) is 4.91. The second kappa shape index (κ2) is 2.00. The fraction of sp³-hybridized carbons (Fsp3) is 0.625. The van der Waals surface area contributed by atoms with Crippen LogP contribution in [0.5, 0.6) is 0 Å². The minimum absolute atomic E-state index is 0.619. The number of hydrogen-bond donors (Lipinski definition) is 0. The Morgan fingerprint density at radius 2 is 1.91 bits per heavy atom. The number of rotatable bonds is 1. The van der Waals surface area contributed by atoms with Crippen molar-refractivity contribution in [3.63, 3.8) is 0 Å². The van der Waals surface area contributed by atoms with Crippen molar-refractivity contribution in [2.75, 3.05) is 0 Å². The Kier molecular flexibility index (Phi) is 1.47. The van der Waals surface area contributed by atoms with Gasteiger partial charge < -0.3 is 9.47 Å². The molecule has 0 spiro atoms. The number of cyclic esters (lactones) is 2. The Hall–Kier alpha value is -0.990. The molecule has 3 heteroatoms. The molecule has 0 saturated carbocycles. The van der Waals surface area contributed by atoms with E-state index in [2.05, 4.69) is 6.58 Å². The second-order valence-electron chi connectivity index (χ2n) is 3.28. The molecule has 0 aromatic carbocycles. The quantitative estimate of drug-likeness (QED) is 0.429. The van der Waals surface area contributed by atoms with Gasteiger partial charge in [0.05, 0.1) is 0 Å². The van der Waals surface area contributed by atoms with Crippen LogP contribution in [0, 0.1) is 0 Å². The number of hydrogen-bond acceptors (Lipinski definition) is 3. The second-order valence-corrected chi connectivity index (χ2v) is 3.28. The van der Waals surface area contributed by atoms with Crippen LogP contribution in [0.25, 0.3) is 0 Å². The molecule has 1 heterocycles. The maximum atomic E-state index is 10.7. The van der Waals surface area contributed by atoms with Gasteiger partial charge in [0.15, 0.2) is 11.2 Å². The number of carbonyl (C=O) groups is 1. The molecule has 0 aliphatic carbocycles. The molecule has 0 aromatic heterocycles. The molecule has 0 N–H and O–H groups in total. The van der Waals surface area contributed by atoms with Gasteiger partial charge in [-0.25, -0.2) is 4.79 Å². The summed E-state index contributed by atoms with van der Waals surface area (Å²) in [5, 5.41) is 0. The lowest BCUT2D eigenvalue weighted by Crippen LogP contribution is -2.42. The summed E-state index contributed by atoms with van der Waals surface area (Å²) >= 11 is 0. The summed E-state index contributed by atoms with van der Waals surface area (Å²) in [7, 11) is 0. The summed E-state index contributed by atoms with van der Waals surface area (Å²) in [6.07, 6.45) is 0.954. The minimum atomic E-state index is -0.704. The smallest absolute Gasteiger partial charge is 0.424 e. The van der Waals surface area contributed by atoms with Gasteiger partial charge in [0, 0.05) is 0 Å². The van der Waals surface area contributed by atoms with Crippen molar-refractivity contribution in [2.45, 2.75) is 32.0 Å². The molecule has 11 heavy (non-hydrogen) atoms. The summed E-state index contributed by atoms with van der Waals surface area (Å²) in [6.45, 7) is 8.94. The lowest BCUT2D eigenvalue weighted by atomic mass is 9.88. The third-order valence-electron chi connectivity index (χ3n) is 2.22. The molecule has 0 radical (unpaired) electrons. The zero-order chi connectivity index (χ0) is 8.70. The van der Waals surface area contributed by atoms with Crippen LogP contribution in [-0.4, -0.2) is 17.4 Å². The molecule has 0 bridgehead atoms. The highest BCUT2D eigenvalue weighted by Crippen LogP contribution is 2.36.